The molecule has 3 atom stereocenters. The maximum Gasteiger partial charge on any atom is 0.255 e. The number of fused-ring (bicyclic) bond motifs is 1. The fourth-order valence-corrected chi connectivity index (χ4v) is 6.10. The van der Waals surface area contributed by atoms with Crippen LogP contribution in [0.15, 0.2) is 103 Å². The monoisotopic (exact) mass is 751 g/mol. The minimum absolute atomic E-state index is 0.0146. The average Bonchev–Trinajstić information content (AvgIpc) is 3.17. The van der Waals surface area contributed by atoms with E-state index in [4.69, 9.17) is 4.74 Å². The number of nitrogens with one attached hydrogen (secondary N) is 5. The van der Waals surface area contributed by atoms with Gasteiger partial charge in [0.1, 0.15) is 35.4 Å². The first-order chi connectivity index (χ1) is 26.4. The van der Waals surface area contributed by atoms with Gasteiger partial charge in [0, 0.05) is 31.3 Å². The first-order valence-electron chi connectivity index (χ1n) is 18.1. The van der Waals surface area contributed by atoms with Crippen LogP contribution >= 0.6 is 0 Å². The molecule has 0 spiro atoms. The summed E-state index contributed by atoms with van der Waals surface area (Å²) in [5.74, 6) is -3.28. The molecule has 0 unspecified atom stereocenters. The van der Waals surface area contributed by atoms with Crippen molar-refractivity contribution in [3.05, 3.63) is 131 Å². The van der Waals surface area contributed by atoms with Crippen molar-refractivity contribution in [1.29, 1.82) is 0 Å². The van der Waals surface area contributed by atoms with Crippen LogP contribution in [0.25, 0.3) is 0 Å². The first kappa shape index (κ1) is 40.0. The van der Waals surface area contributed by atoms with Gasteiger partial charge in [-0.1, -0.05) is 80.6 Å². The third-order valence-corrected chi connectivity index (χ3v) is 9.29. The molecule has 5 amide bonds. The summed E-state index contributed by atoms with van der Waals surface area (Å²) in [6.45, 7) is 4.16. The van der Waals surface area contributed by atoms with Gasteiger partial charge in [-0.05, 0) is 59.5 Å². The van der Waals surface area contributed by atoms with Crippen LogP contribution in [0.1, 0.15) is 53.7 Å². The van der Waals surface area contributed by atoms with Crippen LogP contribution in [0.5, 0.6) is 11.5 Å². The number of aromatic hydroxyl groups is 1. The summed E-state index contributed by atoms with van der Waals surface area (Å²) in [7, 11) is 0. The Morgan fingerprint density at radius 3 is 2.15 bits per heavy atom. The molecule has 288 valence electrons. The minimum atomic E-state index is -1.39. The van der Waals surface area contributed by atoms with E-state index in [0.717, 1.165) is 11.1 Å². The van der Waals surface area contributed by atoms with Crippen molar-refractivity contribution in [1.82, 2.24) is 26.6 Å². The average molecular weight is 752 g/mol. The molecule has 1 heterocycles. The summed E-state index contributed by atoms with van der Waals surface area (Å²) in [5.41, 5.74) is 1.64. The molecule has 0 fully saturated rings. The fraction of sp³-hybridized carbons (Fsp3) is 0.310. The molecule has 0 bridgehead atoms. The van der Waals surface area contributed by atoms with E-state index in [-0.39, 0.29) is 49.6 Å². The molecule has 0 aliphatic carbocycles. The number of benzene rings is 4. The molecular weight excluding hydrogens is 705 g/mol. The Morgan fingerprint density at radius 2 is 1.44 bits per heavy atom. The number of amides is 5. The van der Waals surface area contributed by atoms with E-state index in [1.807, 2.05) is 44.2 Å². The molecule has 12 nitrogen and oxygen atoms in total. The Balaban J connectivity index is 1.44. The normalized spacial score (nSPS) is 18.9. The number of phenolic OH excluding ortho intramolecular Hbond substituents is 1. The SMILES string of the molecule is CC(C)(CNC(=O)[C@@H]1CC(=O)N[C@@H](Cc2ccc(O)cc2)C(=O)N[C@@H](Cc2ccccc2)C(=O)NCCCOc2ccccc2C(=O)N1)c1ccc(F)cc1. The zero-order valence-electron chi connectivity index (χ0n) is 30.8. The highest BCUT2D eigenvalue weighted by Gasteiger charge is 2.32. The van der Waals surface area contributed by atoms with E-state index >= 15 is 0 Å². The van der Waals surface area contributed by atoms with Gasteiger partial charge in [0.05, 0.1) is 18.6 Å². The van der Waals surface area contributed by atoms with E-state index in [9.17, 15) is 33.5 Å². The van der Waals surface area contributed by atoms with Crippen LogP contribution in [0.3, 0.4) is 0 Å². The van der Waals surface area contributed by atoms with Crippen molar-refractivity contribution in [3.8, 4) is 11.5 Å². The van der Waals surface area contributed by atoms with Crippen LogP contribution < -0.4 is 31.3 Å². The van der Waals surface area contributed by atoms with Crippen LogP contribution in [0.2, 0.25) is 0 Å². The van der Waals surface area contributed by atoms with Gasteiger partial charge in [0.2, 0.25) is 23.6 Å². The second-order valence-corrected chi connectivity index (χ2v) is 14.1. The number of hydrogen-bond acceptors (Lipinski definition) is 7. The van der Waals surface area contributed by atoms with Gasteiger partial charge in [-0.15, -0.1) is 0 Å². The van der Waals surface area contributed by atoms with Crippen LogP contribution in [0, 0.1) is 5.82 Å². The Kier molecular flexibility index (Phi) is 13.6. The molecule has 4 aromatic rings. The number of hydrogen-bond donors (Lipinski definition) is 6. The smallest absolute Gasteiger partial charge is 0.255 e. The molecule has 55 heavy (non-hydrogen) atoms. The van der Waals surface area contributed by atoms with Gasteiger partial charge in [-0.25, -0.2) is 4.39 Å². The lowest BCUT2D eigenvalue weighted by atomic mass is 9.84. The predicted molar refractivity (Wildman–Crippen MR) is 204 cm³/mol. The highest BCUT2D eigenvalue weighted by molar-refractivity contribution is 6.01. The lowest BCUT2D eigenvalue weighted by Gasteiger charge is -2.28. The fourth-order valence-electron chi connectivity index (χ4n) is 6.10. The zero-order valence-corrected chi connectivity index (χ0v) is 30.8. The van der Waals surface area contributed by atoms with Crippen LogP contribution in [0.4, 0.5) is 4.39 Å². The number of carbonyl (C=O) groups is 5. The minimum Gasteiger partial charge on any atom is -0.508 e. The maximum absolute atomic E-state index is 14.0. The highest BCUT2D eigenvalue weighted by Crippen LogP contribution is 2.23. The molecule has 5 rings (SSSR count). The molecule has 0 saturated carbocycles. The lowest BCUT2D eigenvalue weighted by molar-refractivity contribution is -0.133. The van der Waals surface area contributed by atoms with Crippen molar-refractivity contribution in [2.75, 3.05) is 19.7 Å². The third kappa shape index (κ3) is 11.6. The Hall–Kier alpha value is -6.24. The number of phenols is 1. The van der Waals surface area contributed by atoms with Gasteiger partial charge >= 0.3 is 0 Å². The summed E-state index contributed by atoms with van der Waals surface area (Å²) >= 11 is 0. The molecule has 1 aliphatic heterocycles. The summed E-state index contributed by atoms with van der Waals surface area (Å²) in [6, 6.07) is 24.1. The third-order valence-electron chi connectivity index (χ3n) is 9.29. The molecule has 6 N–H and O–H groups in total. The first-order valence-corrected chi connectivity index (χ1v) is 18.1. The number of rotatable bonds is 8. The van der Waals surface area contributed by atoms with Crippen LogP contribution in [-0.2, 0) is 37.4 Å². The second-order valence-electron chi connectivity index (χ2n) is 14.1. The summed E-state index contributed by atoms with van der Waals surface area (Å²) in [6.07, 6.45) is -0.0188. The molecule has 0 aromatic heterocycles. The van der Waals surface area contributed by atoms with Crippen molar-refractivity contribution in [2.45, 2.75) is 63.1 Å². The molecule has 0 saturated heterocycles. The summed E-state index contributed by atoms with van der Waals surface area (Å²) in [4.78, 5) is 68.9. The summed E-state index contributed by atoms with van der Waals surface area (Å²) in [5, 5.41) is 23.7. The van der Waals surface area contributed by atoms with E-state index < -0.39 is 65.3 Å². The van der Waals surface area contributed by atoms with E-state index in [0.29, 0.717) is 12.0 Å². The molecule has 0 radical (unpaired) electrons. The van der Waals surface area contributed by atoms with E-state index in [1.165, 1.54) is 30.3 Å². The molecular formula is C42H46FN5O7. The Bertz CT molecular complexity index is 1960. The Labute approximate surface area is 319 Å². The van der Waals surface area contributed by atoms with Crippen molar-refractivity contribution >= 4 is 29.5 Å². The molecule has 13 heteroatoms. The topological polar surface area (TPSA) is 175 Å². The number of halogens is 1. The standard InChI is InChI=1S/C42H46FN5O7/c1-42(2,29-15-17-30(43)18-16-29)26-45-40(53)35-25-37(50)46-34(24-28-13-19-31(49)20-14-28)41(54)48-33(23-27-9-4-3-5-10-27)39(52)44-21-8-22-55-36-12-7-6-11-32(36)38(51)47-35/h3-7,9-20,33-35,49H,8,21-26H2,1-2H3,(H,44,52)(H,45,53)(H,46,50)(H,47,51)(H,48,54)/t33-,34-,35-/m0/s1. The van der Waals surface area contributed by atoms with E-state index in [1.54, 1.807) is 42.5 Å². The van der Waals surface area contributed by atoms with Crippen molar-refractivity contribution in [2.24, 2.45) is 0 Å². The molecule has 1 aliphatic rings. The quantitative estimate of drug-likeness (QED) is 0.160. The van der Waals surface area contributed by atoms with E-state index in [2.05, 4.69) is 26.6 Å². The zero-order chi connectivity index (χ0) is 39.4. The predicted octanol–water partition coefficient (Wildman–Crippen LogP) is 3.47. The van der Waals surface area contributed by atoms with Gasteiger partial charge < -0.3 is 36.4 Å². The van der Waals surface area contributed by atoms with Gasteiger partial charge in [-0.2, -0.15) is 0 Å². The van der Waals surface area contributed by atoms with Gasteiger partial charge in [0.15, 0.2) is 0 Å². The Morgan fingerprint density at radius 1 is 0.800 bits per heavy atom. The van der Waals surface area contributed by atoms with Crippen molar-refractivity contribution < 1.29 is 38.2 Å². The second kappa shape index (κ2) is 18.7. The highest BCUT2D eigenvalue weighted by atomic mass is 19.1. The largest absolute Gasteiger partial charge is 0.508 e. The van der Waals surface area contributed by atoms with Crippen LogP contribution in [-0.4, -0.2) is 72.5 Å². The summed E-state index contributed by atoms with van der Waals surface area (Å²) < 4.78 is 19.6. The van der Waals surface area contributed by atoms with Gasteiger partial charge in [0.25, 0.3) is 5.91 Å². The van der Waals surface area contributed by atoms with Crippen molar-refractivity contribution in [3.63, 3.8) is 0 Å². The number of para-hydroxylation sites is 1. The number of ether oxygens (including phenoxy) is 1. The van der Waals surface area contributed by atoms with Gasteiger partial charge in [-0.3, -0.25) is 24.0 Å². The molecule has 4 aromatic carbocycles. The maximum atomic E-state index is 14.0. The lowest BCUT2D eigenvalue weighted by Crippen LogP contribution is -2.56. The number of carbonyl (C=O) groups excluding carboxylic acids is 5.